The molecule has 1 aliphatic rings. The highest BCUT2D eigenvalue weighted by atomic mass is 16.5. The molecular formula is C23H26N6O3. The first kappa shape index (κ1) is 21.5. The van der Waals surface area contributed by atoms with Gasteiger partial charge in [0, 0.05) is 55.6 Å². The van der Waals surface area contributed by atoms with Gasteiger partial charge in [-0.2, -0.15) is 4.98 Å². The van der Waals surface area contributed by atoms with Crippen LogP contribution in [0.4, 0.5) is 10.5 Å². The quantitative estimate of drug-likeness (QED) is 0.590. The monoisotopic (exact) mass is 434 g/mol. The number of hydrogen-bond acceptors (Lipinski definition) is 6. The Morgan fingerprint density at radius 1 is 1.12 bits per heavy atom. The molecule has 2 aromatic heterocycles. The fourth-order valence-electron chi connectivity index (χ4n) is 3.77. The molecule has 0 aliphatic carbocycles. The average molecular weight is 435 g/mol. The molecule has 0 unspecified atom stereocenters. The molecule has 0 radical (unpaired) electrons. The summed E-state index contributed by atoms with van der Waals surface area (Å²) in [6.07, 6.45) is 6.86. The average Bonchev–Trinajstić information content (AvgIpc) is 3.32. The summed E-state index contributed by atoms with van der Waals surface area (Å²) in [5.41, 5.74) is 1.50. The number of hydrogen-bond donors (Lipinski definition) is 2. The molecule has 1 atom stereocenters. The van der Waals surface area contributed by atoms with E-state index in [4.69, 9.17) is 4.52 Å². The normalized spacial score (nSPS) is 15.9. The van der Waals surface area contributed by atoms with E-state index in [1.54, 1.807) is 18.5 Å². The van der Waals surface area contributed by atoms with Gasteiger partial charge in [-0.25, -0.2) is 4.79 Å². The van der Waals surface area contributed by atoms with Crippen LogP contribution in [0.15, 0.2) is 59.4 Å². The lowest BCUT2D eigenvalue weighted by Gasteiger charge is -2.36. The molecule has 0 bridgehead atoms. The van der Waals surface area contributed by atoms with Crippen LogP contribution < -0.4 is 10.6 Å². The third-order valence-corrected chi connectivity index (χ3v) is 5.42. The zero-order chi connectivity index (χ0) is 22.2. The molecule has 3 aromatic rings. The van der Waals surface area contributed by atoms with Crippen molar-refractivity contribution >= 4 is 17.6 Å². The largest absolute Gasteiger partial charge is 0.339 e. The minimum Gasteiger partial charge on any atom is -0.339 e. The zero-order valence-corrected chi connectivity index (χ0v) is 17.7. The number of para-hydroxylation sites is 1. The second-order valence-corrected chi connectivity index (χ2v) is 7.69. The summed E-state index contributed by atoms with van der Waals surface area (Å²) >= 11 is 0. The highest BCUT2D eigenvalue weighted by molar-refractivity contribution is 5.89. The summed E-state index contributed by atoms with van der Waals surface area (Å²) in [6, 6.07) is 12.6. The first-order chi connectivity index (χ1) is 15.7. The summed E-state index contributed by atoms with van der Waals surface area (Å²) in [4.78, 5) is 35.4. The molecule has 4 rings (SSSR count). The van der Waals surface area contributed by atoms with E-state index in [1.165, 1.54) is 0 Å². The van der Waals surface area contributed by atoms with Gasteiger partial charge in [-0.1, -0.05) is 23.4 Å². The van der Waals surface area contributed by atoms with Crippen molar-refractivity contribution in [2.24, 2.45) is 0 Å². The smallest absolute Gasteiger partial charge is 0.319 e. The van der Waals surface area contributed by atoms with E-state index in [0.717, 1.165) is 30.5 Å². The molecule has 1 saturated heterocycles. The van der Waals surface area contributed by atoms with Crippen LogP contribution in [0, 0.1) is 0 Å². The number of nitrogens with one attached hydrogen (secondary N) is 2. The number of amides is 3. The molecule has 1 aromatic carbocycles. The van der Waals surface area contributed by atoms with E-state index in [1.807, 2.05) is 41.3 Å². The molecule has 1 fully saturated rings. The highest BCUT2D eigenvalue weighted by Gasteiger charge is 2.27. The van der Waals surface area contributed by atoms with Gasteiger partial charge in [0.1, 0.15) is 0 Å². The Morgan fingerprint density at radius 3 is 2.81 bits per heavy atom. The lowest BCUT2D eigenvalue weighted by atomic mass is 10.0. The van der Waals surface area contributed by atoms with Crippen molar-refractivity contribution in [2.45, 2.75) is 38.1 Å². The van der Waals surface area contributed by atoms with Gasteiger partial charge < -0.3 is 20.1 Å². The molecule has 166 valence electrons. The van der Waals surface area contributed by atoms with Crippen LogP contribution >= 0.6 is 0 Å². The molecule has 9 nitrogen and oxygen atoms in total. The fraction of sp³-hybridized carbons (Fsp3) is 0.348. The predicted molar refractivity (Wildman–Crippen MR) is 119 cm³/mol. The van der Waals surface area contributed by atoms with Gasteiger partial charge in [0.25, 0.3) is 0 Å². The molecule has 0 spiro atoms. The van der Waals surface area contributed by atoms with Crippen molar-refractivity contribution in [3.05, 3.63) is 60.7 Å². The zero-order valence-electron chi connectivity index (χ0n) is 17.7. The number of carbonyl (C=O) groups excluding carboxylic acids is 2. The summed E-state index contributed by atoms with van der Waals surface area (Å²) < 4.78 is 5.29. The first-order valence-corrected chi connectivity index (χ1v) is 10.8. The summed E-state index contributed by atoms with van der Waals surface area (Å²) in [7, 11) is 0. The number of rotatable bonds is 7. The number of aromatic nitrogens is 3. The van der Waals surface area contributed by atoms with E-state index in [9.17, 15) is 9.59 Å². The van der Waals surface area contributed by atoms with Crippen molar-refractivity contribution in [1.82, 2.24) is 25.3 Å². The van der Waals surface area contributed by atoms with E-state index in [-0.39, 0.29) is 24.4 Å². The van der Waals surface area contributed by atoms with Gasteiger partial charge in [0.15, 0.2) is 0 Å². The van der Waals surface area contributed by atoms with E-state index >= 15 is 0 Å². The molecule has 3 amide bonds. The lowest BCUT2D eigenvalue weighted by molar-refractivity contribution is -0.134. The maximum atomic E-state index is 12.9. The predicted octanol–water partition coefficient (Wildman–Crippen LogP) is 3.27. The number of piperidine rings is 1. The third-order valence-electron chi connectivity index (χ3n) is 5.42. The van der Waals surface area contributed by atoms with Crippen LogP contribution in [-0.4, -0.2) is 51.1 Å². The third kappa shape index (κ3) is 5.69. The van der Waals surface area contributed by atoms with E-state index < -0.39 is 0 Å². The maximum Gasteiger partial charge on any atom is 0.319 e. The molecule has 0 saturated carbocycles. The maximum absolute atomic E-state index is 12.9. The standard InChI is InChI=1S/C23H26N6O3/c30-21(12-11-20-27-22(28-32-20)17-7-6-13-24-15-17)29-14-5-4-10-19(29)16-25-23(31)26-18-8-2-1-3-9-18/h1-3,6-9,13,15,19H,4-5,10-12,14,16H2,(H2,25,26,31)/t19-/m1/s1. The minimum absolute atomic E-state index is 0.0218. The summed E-state index contributed by atoms with van der Waals surface area (Å²) in [5, 5.41) is 9.66. The van der Waals surface area contributed by atoms with Crippen LogP contribution in [0.1, 0.15) is 31.6 Å². The van der Waals surface area contributed by atoms with Crippen LogP contribution in [0.2, 0.25) is 0 Å². The lowest BCUT2D eigenvalue weighted by Crippen LogP contribution is -2.50. The number of urea groups is 1. The van der Waals surface area contributed by atoms with Gasteiger partial charge in [-0.05, 0) is 43.5 Å². The minimum atomic E-state index is -0.275. The topological polar surface area (TPSA) is 113 Å². The van der Waals surface area contributed by atoms with Crippen molar-refractivity contribution < 1.29 is 14.1 Å². The Kier molecular flexibility index (Phi) is 7.06. The number of nitrogens with zero attached hydrogens (tertiary/aromatic N) is 4. The Hall–Kier alpha value is -3.75. The number of anilines is 1. The number of pyridine rings is 1. The SMILES string of the molecule is O=C(NC[C@H]1CCCCN1C(=O)CCc1nc(-c2cccnc2)no1)Nc1ccccc1. The summed E-state index contributed by atoms with van der Waals surface area (Å²) in [6.45, 7) is 1.10. The Labute approximate surface area is 186 Å². The van der Waals surface area contributed by atoms with Gasteiger partial charge in [0.2, 0.25) is 17.6 Å². The Balaban J connectivity index is 1.28. The Morgan fingerprint density at radius 2 is 2.00 bits per heavy atom. The van der Waals surface area contributed by atoms with E-state index in [0.29, 0.717) is 31.2 Å². The molecule has 32 heavy (non-hydrogen) atoms. The Bertz CT molecular complexity index is 1020. The van der Waals surface area contributed by atoms with Gasteiger partial charge in [0.05, 0.1) is 0 Å². The van der Waals surface area contributed by atoms with Crippen molar-refractivity contribution in [1.29, 1.82) is 0 Å². The van der Waals surface area contributed by atoms with Gasteiger partial charge in [-0.3, -0.25) is 9.78 Å². The number of likely N-dealkylation sites (tertiary alicyclic amines) is 1. The van der Waals surface area contributed by atoms with Crippen LogP contribution in [0.3, 0.4) is 0 Å². The molecular weight excluding hydrogens is 408 g/mol. The number of aryl methyl sites for hydroxylation is 1. The van der Waals surface area contributed by atoms with Crippen LogP contribution in [0.25, 0.3) is 11.4 Å². The van der Waals surface area contributed by atoms with Crippen molar-refractivity contribution in [3.8, 4) is 11.4 Å². The van der Waals surface area contributed by atoms with Crippen molar-refractivity contribution in [2.75, 3.05) is 18.4 Å². The first-order valence-electron chi connectivity index (χ1n) is 10.8. The summed E-state index contributed by atoms with van der Waals surface area (Å²) in [5.74, 6) is 0.914. The van der Waals surface area contributed by atoms with Crippen LogP contribution in [0.5, 0.6) is 0 Å². The van der Waals surface area contributed by atoms with Crippen molar-refractivity contribution in [3.63, 3.8) is 0 Å². The second kappa shape index (κ2) is 10.5. The van der Waals surface area contributed by atoms with Gasteiger partial charge >= 0.3 is 6.03 Å². The highest BCUT2D eigenvalue weighted by Crippen LogP contribution is 2.19. The second-order valence-electron chi connectivity index (χ2n) is 7.69. The molecule has 2 N–H and O–H groups in total. The number of benzene rings is 1. The van der Waals surface area contributed by atoms with Gasteiger partial charge in [-0.15, -0.1) is 0 Å². The fourth-order valence-corrected chi connectivity index (χ4v) is 3.77. The van der Waals surface area contributed by atoms with Crippen LogP contribution in [-0.2, 0) is 11.2 Å². The molecule has 3 heterocycles. The van der Waals surface area contributed by atoms with E-state index in [2.05, 4.69) is 25.8 Å². The molecule has 9 heteroatoms. The molecule has 1 aliphatic heterocycles. The number of carbonyl (C=O) groups is 2.